The predicted octanol–water partition coefficient (Wildman–Crippen LogP) is 2.49. The summed E-state index contributed by atoms with van der Waals surface area (Å²) in [4.78, 5) is 22.9. The number of hydrogen-bond acceptors (Lipinski definition) is 3. The van der Waals surface area contributed by atoms with Crippen molar-refractivity contribution in [3.05, 3.63) is 24.3 Å². The van der Waals surface area contributed by atoms with Gasteiger partial charge in [-0.2, -0.15) is 0 Å². The van der Waals surface area contributed by atoms with E-state index in [0.717, 1.165) is 0 Å². The average molecular weight is 269 g/mol. The molecule has 1 amide bonds. The Kier molecular flexibility index (Phi) is 4.13. The molecule has 2 N–H and O–H groups in total. The van der Waals surface area contributed by atoms with Gasteiger partial charge in [-0.1, -0.05) is 24.3 Å². The number of hydrogen-bond donors (Lipinski definition) is 2. The molecule has 1 unspecified atom stereocenters. The number of ether oxygens (including phenoxy) is 1. The maximum atomic E-state index is 11.7. The molecule has 1 aliphatic carbocycles. The summed E-state index contributed by atoms with van der Waals surface area (Å²) in [5.41, 5.74) is -0.729. The van der Waals surface area contributed by atoms with Gasteiger partial charge in [-0.25, -0.2) is 9.59 Å². The smallest absolute Gasteiger partial charge is 0.408 e. The van der Waals surface area contributed by atoms with Crippen molar-refractivity contribution in [3.63, 3.8) is 0 Å². The molecule has 0 saturated heterocycles. The summed E-state index contributed by atoms with van der Waals surface area (Å²) in [6.07, 6.45) is 3.94. The fraction of sp³-hybridized carbons (Fsp3) is 0.571. The zero-order valence-corrected chi connectivity index (χ0v) is 11.4. The average Bonchev–Trinajstić information content (AvgIpc) is 2.24. The van der Waals surface area contributed by atoms with E-state index >= 15 is 0 Å². The molecule has 19 heavy (non-hydrogen) atoms. The number of allylic oxidation sites excluding steroid dienone is 4. The van der Waals surface area contributed by atoms with E-state index in [1.54, 1.807) is 32.9 Å². The topological polar surface area (TPSA) is 75.6 Å². The molecule has 0 saturated carbocycles. The third-order valence-corrected chi connectivity index (χ3v) is 2.34. The molecule has 0 bridgehead atoms. The Morgan fingerprint density at radius 2 is 2.32 bits per heavy atom. The van der Waals surface area contributed by atoms with Crippen LogP contribution in [-0.4, -0.2) is 28.8 Å². The van der Waals surface area contributed by atoms with Gasteiger partial charge in [0.05, 0.1) is 1.37 Å². The van der Waals surface area contributed by atoms with Crippen LogP contribution < -0.4 is 5.32 Å². The molecule has 0 aromatic heterocycles. The largest absolute Gasteiger partial charge is 0.480 e. The lowest BCUT2D eigenvalue weighted by molar-refractivity contribution is -0.139. The first-order chi connectivity index (χ1) is 9.51. The standard InChI is InChI=1S/C14H21NO4/c1-14(2,3)19-13(18)15-11(12(16)17)9-10-7-5-4-6-8-10/h4-7,10-11H,8-9H2,1-3H3,(H,15,18)(H,16,17)/t10?,11-/m0/s1/i5D,10D. The summed E-state index contributed by atoms with van der Waals surface area (Å²) in [5, 5.41) is 11.5. The molecule has 0 fully saturated rings. The van der Waals surface area contributed by atoms with Crippen molar-refractivity contribution in [2.24, 2.45) is 5.89 Å². The molecule has 0 heterocycles. The van der Waals surface area contributed by atoms with E-state index in [2.05, 4.69) is 5.32 Å². The Hall–Kier alpha value is -1.78. The normalized spacial score (nSPS) is 25.7. The second-order valence-electron chi connectivity index (χ2n) is 5.32. The number of carboxylic acid groups (broad SMARTS) is 1. The van der Waals surface area contributed by atoms with Gasteiger partial charge in [-0.15, -0.1) is 0 Å². The Labute approximate surface area is 116 Å². The van der Waals surface area contributed by atoms with Crippen LogP contribution in [0.15, 0.2) is 24.3 Å². The van der Waals surface area contributed by atoms with E-state index in [-0.39, 0.29) is 12.5 Å². The van der Waals surface area contributed by atoms with Gasteiger partial charge in [-0.3, -0.25) is 0 Å². The third kappa shape index (κ3) is 6.08. The van der Waals surface area contributed by atoms with E-state index in [0.29, 0.717) is 6.42 Å². The number of carboxylic acids is 1. The summed E-state index contributed by atoms with van der Waals surface area (Å²) in [7, 11) is 0. The van der Waals surface area contributed by atoms with Crippen molar-refractivity contribution >= 4 is 12.1 Å². The Bertz CT molecular complexity index is 482. The van der Waals surface area contributed by atoms with E-state index < -0.39 is 29.6 Å². The lowest BCUT2D eigenvalue weighted by Crippen LogP contribution is -2.44. The van der Waals surface area contributed by atoms with Gasteiger partial charge in [0.2, 0.25) is 0 Å². The van der Waals surface area contributed by atoms with Crippen molar-refractivity contribution in [2.75, 3.05) is 0 Å². The summed E-state index contributed by atoms with van der Waals surface area (Å²) in [5.74, 6) is -2.45. The molecule has 1 rings (SSSR count). The monoisotopic (exact) mass is 269 g/mol. The van der Waals surface area contributed by atoms with Crippen LogP contribution in [0.25, 0.3) is 0 Å². The Morgan fingerprint density at radius 3 is 2.84 bits per heavy atom. The molecule has 0 spiro atoms. The molecule has 1 aliphatic rings. The minimum Gasteiger partial charge on any atom is -0.480 e. The van der Waals surface area contributed by atoms with Gasteiger partial charge in [0, 0.05) is 1.37 Å². The third-order valence-electron chi connectivity index (χ3n) is 2.34. The summed E-state index contributed by atoms with van der Waals surface area (Å²) >= 11 is 0. The van der Waals surface area contributed by atoms with Gasteiger partial charge in [0.1, 0.15) is 11.6 Å². The van der Waals surface area contributed by atoms with Gasteiger partial charge >= 0.3 is 12.1 Å². The molecular weight excluding hydrogens is 246 g/mol. The first-order valence-corrected chi connectivity index (χ1v) is 6.09. The number of amides is 1. The van der Waals surface area contributed by atoms with Crippen LogP contribution in [-0.2, 0) is 9.53 Å². The van der Waals surface area contributed by atoms with Gasteiger partial charge in [-0.05, 0) is 39.5 Å². The minimum atomic E-state index is -1.24. The van der Waals surface area contributed by atoms with E-state index in [1.165, 1.54) is 6.08 Å². The van der Waals surface area contributed by atoms with Gasteiger partial charge in [0.15, 0.2) is 0 Å². The van der Waals surface area contributed by atoms with Crippen LogP contribution in [0, 0.1) is 5.89 Å². The van der Waals surface area contributed by atoms with E-state index in [9.17, 15) is 14.7 Å². The molecule has 5 nitrogen and oxygen atoms in total. The molecule has 0 aromatic carbocycles. The van der Waals surface area contributed by atoms with Crippen LogP contribution in [0.2, 0.25) is 0 Å². The minimum absolute atomic E-state index is 0.131. The maximum absolute atomic E-state index is 11.7. The Balaban J connectivity index is 2.73. The van der Waals surface area contributed by atoms with E-state index in [1.807, 2.05) is 0 Å². The van der Waals surface area contributed by atoms with Crippen LogP contribution in [0.5, 0.6) is 0 Å². The fourth-order valence-corrected chi connectivity index (χ4v) is 1.56. The molecule has 0 aromatic rings. The molecule has 0 aliphatic heterocycles. The quantitative estimate of drug-likeness (QED) is 0.822. The highest BCUT2D eigenvalue weighted by atomic mass is 16.6. The number of carbonyl (C=O) groups is 2. The summed E-state index contributed by atoms with van der Waals surface area (Å²) < 4.78 is 20.7. The predicted molar refractivity (Wildman–Crippen MR) is 71.8 cm³/mol. The maximum Gasteiger partial charge on any atom is 0.408 e. The molecule has 2 atom stereocenters. The van der Waals surface area contributed by atoms with Gasteiger partial charge < -0.3 is 15.2 Å². The highest BCUT2D eigenvalue weighted by Crippen LogP contribution is 2.18. The van der Waals surface area contributed by atoms with Crippen molar-refractivity contribution in [1.29, 1.82) is 0 Å². The van der Waals surface area contributed by atoms with Crippen LogP contribution >= 0.6 is 0 Å². The molecule has 0 radical (unpaired) electrons. The zero-order chi connectivity index (χ0) is 16.3. The number of rotatable bonds is 4. The van der Waals surface area contributed by atoms with Crippen molar-refractivity contribution < 1.29 is 22.2 Å². The van der Waals surface area contributed by atoms with Crippen molar-refractivity contribution in [2.45, 2.75) is 45.3 Å². The molecule has 5 heteroatoms. The lowest BCUT2D eigenvalue weighted by atomic mass is 9.93. The second-order valence-corrected chi connectivity index (χ2v) is 5.32. The number of aliphatic carboxylic acids is 1. The number of alkyl carbamates (subject to hydrolysis) is 1. The van der Waals surface area contributed by atoms with Crippen LogP contribution in [0.1, 0.15) is 36.4 Å². The number of carbonyl (C=O) groups excluding carboxylic acids is 1. The van der Waals surface area contributed by atoms with Crippen molar-refractivity contribution in [1.82, 2.24) is 5.32 Å². The second kappa shape index (κ2) is 6.41. The summed E-state index contributed by atoms with van der Waals surface area (Å²) in [6.45, 7) is 5.03. The first kappa shape index (κ1) is 12.3. The van der Waals surface area contributed by atoms with E-state index in [4.69, 9.17) is 7.48 Å². The lowest BCUT2D eigenvalue weighted by Gasteiger charge is -2.23. The SMILES string of the molecule is [2H]C1=CC([2H])(C[C@H](NC(=O)OC(C)(C)C)C(=O)O)CC=C1. The summed E-state index contributed by atoms with van der Waals surface area (Å²) in [6, 6.07) is -1.08. The molecular formula is C14H21NO4. The number of nitrogens with one attached hydrogen (secondary N) is 1. The Morgan fingerprint density at radius 1 is 1.63 bits per heavy atom. The van der Waals surface area contributed by atoms with Crippen LogP contribution in [0.4, 0.5) is 4.79 Å². The highest BCUT2D eigenvalue weighted by molar-refractivity contribution is 5.80. The van der Waals surface area contributed by atoms with Crippen molar-refractivity contribution in [3.8, 4) is 0 Å². The zero-order valence-electron chi connectivity index (χ0n) is 13.4. The van der Waals surface area contributed by atoms with Crippen LogP contribution in [0.3, 0.4) is 0 Å². The van der Waals surface area contributed by atoms with Gasteiger partial charge in [0.25, 0.3) is 0 Å². The first-order valence-electron chi connectivity index (χ1n) is 7.09. The molecule has 106 valence electrons. The highest BCUT2D eigenvalue weighted by Gasteiger charge is 2.26. The fourth-order valence-electron chi connectivity index (χ4n) is 1.56.